The fourth-order valence-corrected chi connectivity index (χ4v) is 2.03. The van der Waals surface area contributed by atoms with E-state index in [1.54, 1.807) is 7.11 Å². The van der Waals surface area contributed by atoms with Crippen LogP contribution in [-0.4, -0.2) is 63.3 Å². The van der Waals surface area contributed by atoms with Crippen LogP contribution in [0.25, 0.3) is 0 Å². The lowest BCUT2D eigenvalue weighted by Gasteiger charge is -2.34. The maximum absolute atomic E-state index is 12.1. The summed E-state index contributed by atoms with van der Waals surface area (Å²) >= 11 is 0. The summed E-state index contributed by atoms with van der Waals surface area (Å²) in [6.45, 7) is 6.34. The van der Waals surface area contributed by atoms with E-state index in [9.17, 15) is 4.79 Å². The molecule has 0 radical (unpaired) electrons. The molecule has 100 valence electrons. The largest absolute Gasteiger partial charge is 0.368 e. The van der Waals surface area contributed by atoms with Gasteiger partial charge in [-0.3, -0.25) is 4.79 Å². The highest BCUT2D eigenvalue weighted by Crippen LogP contribution is 2.22. The summed E-state index contributed by atoms with van der Waals surface area (Å²) in [5.74, 6) is 0.0333. The minimum Gasteiger partial charge on any atom is -0.368 e. The first-order valence-corrected chi connectivity index (χ1v) is 6.37. The predicted octanol–water partition coefficient (Wildman–Crippen LogP) is -0.177. The minimum atomic E-state index is -0.615. The van der Waals surface area contributed by atoms with Crippen LogP contribution in [0, 0.1) is 0 Å². The fraction of sp³-hybridized carbons (Fsp3) is 0.917. The summed E-state index contributed by atoms with van der Waals surface area (Å²) in [5, 5.41) is 6.22. The second-order valence-corrected chi connectivity index (χ2v) is 4.60. The molecule has 1 fully saturated rings. The van der Waals surface area contributed by atoms with Crippen molar-refractivity contribution in [2.45, 2.75) is 25.4 Å². The van der Waals surface area contributed by atoms with Gasteiger partial charge in [0.1, 0.15) is 5.60 Å². The Morgan fingerprint density at radius 2 is 2.12 bits per heavy atom. The molecule has 0 atom stereocenters. The normalized spacial score (nSPS) is 19.3. The second kappa shape index (κ2) is 6.93. The van der Waals surface area contributed by atoms with Gasteiger partial charge in [0.25, 0.3) is 5.91 Å². The van der Waals surface area contributed by atoms with Crippen LogP contribution in [0.1, 0.15) is 19.8 Å². The van der Waals surface area contributed by atoms with Gasteiger partial charge >= 0.3 is 0 Å². The minimum absolute atomic E-state index is 0.0333. The number of amides is 1. The van der Waals surface area contributed by atoms with Crippen molar-refractivity contribution in [3.05, 3.63) is 0 Å². The Hall–Kier alpha value is -0.650. The van der Waals surface area contributed by atoms with E-state index in [1.165, 1.54) is 0 Å². The van der Waals surface area contributed by atoms with E-state index in [-0.39, 0.29) is 5.91 Å². The summed E-state index contributed by atoms with van der Waals surface area (Å²) in [7, 11) is 3.67. The molecule has 17 heavy (non-hydrogen) atoms. The highest BCUT2D eigenvalue weighted by atomic mass is 16.5. The smallest absolute Gasteiger partial charge is 0.252 e. The van der Waals surface area contributed by atoms with Gasteiger partial charge in [-0.1, -0.05) is 6.92 Å². The number of ether oxygens (including phenoxy) is 1. The summed E-state index contributed by atoms with van der Waals surface area (Å²) in [4.78, 5) is 14.3. The summed E-state index contributed by atoms with van der Waals surface area (Å²) in [6, 6.07) is 0. The molecular formula is C12H25N3O2. The van der Waals surface area contributed by atoms with Crippen LogP contribution in [0.3, 0.4) is 0 Å². The summed E-state index contributed by atoms with van der Waals surface area (Å²) in [6.07, 6.45) is 1.50. The number of hydrogen-bond acceptors (Lipinski definition) is 4. The van der Waals surface area contributed by atoms with E-state index >= 15 is 0 Å². The number of nitrogens with zero attached hydrogens (tertiary/aromatic N) is 1. The molecule has 1 aliphatic rings. The Morgan fingerprint density at radius 3 is 2.65 bits per heavy atom. The van der Waals surface area contributed by atoms with Gasteiger partial charge in [-0.05, 0) is 39.5 Å². The van der Waals surface area contributed by atoms with Crippen LogP contribution in [0.5, 0.6) is 0 Å². The Kier molecular flexibility index (Phi) is 5.88. The van der Waals surface area contributed by atoms with E-state index < -0.39 is 5.60 Å². The zero-order valence-corrected chi connectivity index (χ0v) is 11.2. The number of likely N-dealkylation sites (N-methyl/N-ethyl adjacent to an activating group) is 1. The fourth-order valence-electron chi connectivity index (χ4n) is 2.03. The lowest BCUT2D eigenvalue weighted by molar-refractivity contribution is -0.146. The topological polar surface area (TPSA) is 53.6 Å². The van der Waals surface area contributed by atoms with Crippen molar-refractivity contribution in [2.75, 3.05) is 46.9 Å². The van der Waals surface area contributed by atoms with Crippen molar-refractivity contribution < 1.29 is 9.53 Å². The molecular weight excluding hydrogens is 218 g/mol. The second-order valence-electron chi connectivity index (χ2n) is 4.60. The first-order valence-electron chi connectivity index (χ1n) is 6.37. The molecule has 5 heteroatoms. The molecule has 0 aromatic heterocycles. The Balaban J connectivity index is 2.38. The van der Waals surface area contributed by atoms with E-state index in [1.807, 2.05) is 7.05 Å². The SMILES string of the molecule is CCN(C)CCNC(=O)C1(OC)CCNCC1. The number of piperidine rings is 1. The first kappa shape index (κ1) is 14.4. The number of carbonyl (C=O) groups is 1. The number of methoxy groups -OCH3 is 1. The van der Waals surface area contributed by atoms with Crippen LogP contribution in [0.2, 0.25) is 0 Å². The maximum Gasteiger partial charge on any atom is 0.252 e. The molecule has 1 rings (SSSR count). The third-order valence-electron chi connectivity index (χ3n) is 3.53. The van der Waals surface area contributed by atoms with Crippen LogP contribution in [0.4, 0.5) is 0 Å². The standard InChI is InChI=1S/C12H25N3O2/c1-4-15(2)10-9-14-11(16)12(17-3)5-7-13-8-6-12/h13H,4-10H2,1-3H3,(H,14,16). The van der Waals surface area contributed by atoms with Crippen LogP contribution in [-0.2, 0) is 9.53 Å². The Bertz CT molecular complexity index is 240. The van der Waals surface area contributed by atoms with Crippen molar-refractivity contribution >= 4 is 5.91 Å². The van der Waals surface area contributed by atoms with Gasteiger partial charge in [-0.15, -0.1) is 0 Å². The number of nitrogens with one attached hydrogen (secondary N) is 2. The Morgan fingerprint density at radius 1 is 1.47 bits per heavy atom. The van der Waals surface area contributed by atoms with Gasteiger partial charge in [0.2, 0.25) is 0 Å². The van der Waals surface area contributed by atoms with Gasteiger partial charge in [0.05, 0.1) is 0 Å². The van der Waals surface area contributed by atoms with Gasteiger partial charge in [0.15, 0.2) is 0 Å². The molecule has 1 amide bonds. The number of carbonyl (C=O) groups excluding carboxylic acids is 1. The molecule has 0 bridgehead atoms. The highest BCUT2D eigenvalue weighted by Gasteiger charge is 2.39. The number of hydrogen-bond donors (Lipinski definition) is 2. The van der Waals surface area contributed by atoms with E-state index in [0.29, 0.717) is 6.54 Å². The molecule has 1 saturated heterocycles. The van der Waals surface area contributed by atoms with Crippen molar-refractivity contribution in [3.63, 3.8) is 0 Å². The molecule has 1 heterocycles. The molecule has 0 aromatic rings. The van der Waals surface area contributed by atoms with Gasteiger partial charge in [0, 0.05) is 20.2 Å². The van der Waals surface area contributed by atoms with E-state index in [4.69, 9.17) is 4.74 Å². The summed E-state index contributed by atoms with van der Waals surface area (Å²) < 4.78 is 5.46. The van der Waals surface area contributed by atoms with Gasteiger partial charge in [-0.25, -0.2) is 0 Å². The van der Waals surface area contributed by atoms with Crippen molar-refractivity contribution in [2.24, 2.45) is 0 Å². The molecule has 5 nitrogen and oxygen atoms in total. The Labute approximate surface area is 104 Å². The highest BCUT2D eigenvalue weighted by molar-refractivity contribution is 5.85. The number of rotatable bonds is 6. The van der Waals surface area contributed by atoms with Crippen LogP contribution >= 0.6 is 0 Å². The third-order valence-corrected chi connectivity index (χ3v) is 3.53. The lowest BCUT2D eigenvalue weighted by Crippen LogP contribution is -2.54. The third kappa shape index (κ3) is 3.94. The monoisotopic (exact) mass is 243 g/mol. The molecule has 1 aliphatic heterocycles. The van der Waals surface area contributed by atoms with E-state index in [2.05, 4.69) is 22.5 Å². The zero-order valence-electron chi connectivity index (χ0n) is 11.2. The average molecular weight is 243 g/mol. The van der Waals surface area contributed by atoms with E-state index in [0.717, 1.165) is 39.0 Å². The molecule has 2 N–H and O–H groups in total. The van der Waals surface area contributed by atoms with Crippen LogP contribution < -0.4 is 10.6 Å². The van der Waals surface area contributed by atoms with Crippen molar-refractivity contribution in [1.29, 1.82) is 0 Å². The molecule has 0 unspecified atom stereocenters. The molecule has 0 saturated carbocycles. The maximum atomic E-state index is 12.1. The average Bonchev–Trinajstić information content (AvgIpc) is 2.39. The molecule has 0 aliphatic carbocycles. The lowest BCUT2D eigenvalue weighted by atomic mass is 9.91. The van der Waals surface area contributed by atoms with Crippen LogP contribution in [0.15, 0.2) is 0 Å². The van der Waals surface area contributed by atoms with Gasteiger partial charge in [-0.2, -0.15) is 0 Å². The molecule has 0 aromatic carbocycles. The quantitative estimate of drug-likeness (QED) is 0.680. The zero-order chi connectivity index (χ0) is 12.7. The van der Waals surface area contributed by atoms with Crippen molar-refractivity contribution in [1.82, 2.24) is 15.5 Å². The van der Waals surface area contributed by atoms with Gasteiger partial charge < -0.3 is 20.3 Å². The molecule has 0 spiro atoms. The first-order chi connectivity index (χ1) is 8.14. The van der Waals surface area contributed by atoms with Crippen molar-refractivity contribution in [3.8, 4) is 0 Å². The predicted molar refractivity (Wildman–Crippen MR) is 68.0 cm³/mol. The summed E-state index contributed by atoms with van der Waals surface area (Å²) in [5.41, 5.74) is -0.615.